The zero-order chi connectivity index (χ0) is 38.4. The second kappa shape index (κ2) is 13.5. The first-order chi connectivity index (χ1) is 23.3. The molecule has 1 aliphatic rings. The maximum atomic E-state index is 13.3. The van der Waals surface area contributed by atoms with Crippen LogP contribution in [0.15, 0.2) is 95.8 Å². The fourth-order valence-electron chi connectivity index (χ4n) is 4.49. The van der Waals surface area contributed by atoms with Crippen LogP contribution in [0.3, 0.4) is 0 Å². The van der Waals surface area contributed by atoms with Crippen molar-refractivity contribution in [3.8, 4) is 5.69 Å². The average Bonchev–Trinajstić information content (AvgIpc) is 3.51. The van der Waals surface area contributed by atoms with E-state index >= 15 is 0 Å². The number of hydrazone groups is 1. The normalized spacial score (nSPS) is 15.3. The summed E-state index contributed by atoms with van der Waals surface area (Å²) in [4.78, 5) is 47.5. The van der Waals surface area contributed by atoms with Crippen molar-refractivity contribution in [1.82, 2.24) is 9.78 Å². The van der Waals surface area contributed by atoms with Gasteiger partial charge >= 0.3 is 0 Å². The number of rotatable bonds is 11. The highest BCUT2D eigenvalue weighted by Crippen LogP contribution is 2.33. The summed E-state index contributed by atoms with van der Waals surface area (Å²) in [5.41, 5.74) is -4.57. The van der Waals surface area contributed by atoms with Gasteiger partial charge < -0.3 is 0 Å². The molecule has 0 aliphatic carbocycles. The van der Waals surface area contributed by atoms with Crippen LogP contribution in [-0.2, 0) is 50.1 Å². The van der Waals surface area contributed by atoms with E-state index < -0.39 is 117 Å². The van der Waals surface area contributed by atoms with Crippen molar-refractivity contribution in [2.24, 2.45) is 5.10 Å². The fourth-order valence-corrected chi connectivity index (χ4v) is 6.80. The van der Waals surface area contributed by atoms with Gasteiger partial charge in [-0.05, 0) is 48.6 Å². The van der Waals surface area contributed by atoms with Crippen LogP contribution in [0.4, 0.5) is 5.69 Å². The summed E-state index contributed by atoms with van der Waals surface area (Å²) >= 11 is 0. The molecular formula is C27H22N4O16S4. The smallest absolute Gasteiger partial charge is 0.293 e. The molecule has 51 heavy (non-hydrogen) atoms. The van der Waals surface area contributed by atoms with Crippen LogP contribution in [-0.4, -0.2) is 84.8 Å². The molecule has 1 aliphatic heterocycles. The number of hydrogen-bond donors (Lipinski definition) is 5. The van der Waals surface area contributed by atoms with E-state index in [2.05, 4.69) is 10.2 Å². The van der Waals surface area contributed by atoms with E-state index in [1.807, 2.05) is 0 Å². The van der Waals surface area contributed by atoms with Gasteiger partial charge in [0.25, 0.3) is 51.9 Å². The van der Waals surface area contributed by atoms with Crippen LogP contribution >= 0.6 is 0 Å². The molecule has 0 radical (unpaired) electrons. The third-order valence-corrected chi connectivity index (χ3v) is 10.2. The lowest BCUT2D eigenvalue weighted by Gasteiger charge is -2.15. The Morgan fingerprint density at radius 1 is 0.706 bits per heavy atom. The zero-order valence-electron chi connectivity index (χ0n) is 25.5. The summed E-state index contributed by atoms with van der Waals surface area (Å²) in [7, 11) is -20.1. The second-order valence-electron chi connectivity index (χ2n) is 10.2. The van der Waals surface area contributed by atoms with E-state index in [9.17, 15) is 71.1 Å². The third kappa shape index (κ3) is 8.07. The predicted molar refractivity (Wildman–Crippen MR) is 174 cm³/mol. The van der Waals surface area contributed by atoms with Crippen LogP contribution in [0.25, 0.3) is 11.8 Å². The maximum Gasteiger partial charge on any atom is 0.296 e. The zero-order valence-corrected chi connectivity index (χ0v) is 28.8. The molecule has 0 bridgehead atoms. The Morgan fingerprint density at radius 2 is 1.22 bits per heavy atom. The molecule has 0 fully saturated rings. The summed E-state index contributed by atoms with van der Waals surface area (Å²) in [5.74, 6) is -2.76. The molecule has 5 N–H and O–H groups in total. The van der Waals surface area contributed by atoms with Crippen molar-refractivity contribution in [1.29, 1.82) is 0 Å². The van der Waals surface area contributed by atoms with E-state index in [1.165, 1.54) is 0 Å². The van der Waals surface area contributed by atoms with E-state index in [-0.39, 0.29) is 0 Å². The molecule has 24 heteroatoms. The van der Waals surface area contributed by atoms with Crippen LogP contribution in [0, 0.1) is 0 Å². The van der Waals surface area contributed by atoms with E-state index in [0.29, 0.717) is 46.1 Å². The standard InChI is InChI=1S/C27H22N4O16S4/c1-14(32)24-18(26(34)30(28-24)20-12-16(48(36,37)38)8-10-22(20)50(42,43)44)6-4-3-5-7-19-25(15(2)33)29-31(27(19)35)21-13-17(49(39,40)41)9-11-23(21)51(45,46)47/h3-13,28H,1-2H3,(H,36,37,38)(H,39,40,41)(H,42,43,44)(H,45,46,47)/b5-3+,6-4+,19-7?. The Hall–Kier alpha value is -5.21. The van der Waals surface area contributed by atoms with Crippen molar-refractivity contribution in [3.63, 3.8) is 0 Å². The fraction of sp³-hybridized carbons (Fsp3) is 0.0741. The molecule has 4 rings (SSSR count). The van der Waals surface area contributed by atoms with Gasteiger partial charge in [0.2, 0.25) is 0 Å². The number of hydrogen-bond acceptors (Lipinski definition) is 13. The van der Waals surface area contributed by atoms with Gasteiger partial charge in [-0.3, -0.25) is 42.5 Å². The van der Waals surface area contributed by atoms with Crippen LogP contribution in [0.1, 0.15) is 29.9 Å². The van der Waals surface area contributed by atoms with Gasteiger partial charge in [0.1, 0.15) is 21.2 Å². The molecule has 1 aromatic heterocycles. The molecule has 270 valence electrons. The van der Waals surface area contributed by atoms with Crippen molar-refractivity contribution in [2.75, 3.05) is 5.01 Å². The van der Waals surface area contributed by atoms with Gasteiger partial charge in [-0.15, -0.1) is 0 Å². The Balaban J connectivity index is 1.77. The number of anilines is 1. The van der Waals surface area contributed by atoms with Gasteiger partial charge in [0.05, 0.1) is 32.3 Å². The number of H-pyrrole nitrogens is 1. The first kappa shape index (κ1) is 38.6. The molecule has 0 saturated carbocycles. The third-order valence-electron chi connectivity index (χ3n) is 6.72. The number of Topliss-reactive ketones (excluding diaryl/α,β-unsaturated/α-hetero) is 2. The number of allylic oxidation sites excluding steroid dienone is 4. The highest BCUT2D eigenvalue weighted by atomic mass is 32.2. The number of amides is 1. The van der Waals surface area contributed by atoms with E-state index in [0.717, 1.165) is 44.2 Å². The first-order valence-corrected chi connectivity index (χ1v) is 19.1. The number of aromatic amines is 1. The van der Waals surface area contributed by atoms with Crippen molar-refractivity contribution >= 4 is 75.4 Å². The van der Waals surface area contributed by atoms with Crippen LogP contribution in [0.2, 0.25) is 0 Å². The number of aromatic nitrogens is 2. The molecule has 0 spiro atoms. The minimum absolute atomic E-state index is 0.309. The summed E-state index contributed by atoms with van der Waals surface area (Å²) in [5, 5.41) is 6.39. The highest BCUT2D eigenvalue weighted by molar-refractivity contribution is 7.87. The molecule has 0 atom stereocenters. The van der Waals surface area contributed by atoms with E-state index in [1.54, 1.807) is 0 Å². The molecule has 2 heterocycles. The summed E-state index contributed by atoms with van der Waals surface area (Å²) in [6.07, 6.45) is 5.45. The lowest BCUT2D eigenvalue weighted by Crippen LogP contribution is -2.24. The Labute approximate surface area is 287 Å². The van der Waals surface area contributed by atoms with Crippen molar-refractivity contribution in [2.45, 2.75) is 33.4 Å². The second-order valence-corrected chi connectivity index (χ2v) is 15.8. The average molecular weight is 787 g/mol. The van der Waals surface area contributed by atoms with Crippen LogP contribution < -0.4 is 10.6 Å². The maximum absolute atomic E-state index is 13.3. The van der Waals surface area contributed by atoms with Gasteiger partial charge in [-0.2, -0.15) is 43.8 Å². The largest absolute Gasteiger partial charge is 0.296 e. The molecule has 20 nitrogen and oxygen atoms in total. The molecule has 0 unspecified atom stereocenters. The minimum Gasteiger partial charge on any atom is -0.293 e. The first-order valence-electron chi connectivity index (χ1n) is 13.4. The van der Waals surface area contributed by atoms with Gasteiger partial charge in [-0.25, -0.2) is 4.68 Å². The molecule has 2 aromatic carbocycles. The number of nitrogens with zero attached hydrogens (tertiary/aromatic N) is 3. The predicted octanol–water partition coefficient (Wildman–Crippen LogP) is 0.843. The Bertz CT molecular complexity index is 2680. The van der Waals surface area contributed by atoms with Crippen molar-refractivity contribution < 1.29 is 66.3 Å². The lowest BCUT2D eigenvalue weighted by molar-refractivity contribution is -0.115. The van der Waals surface area contributed by atoms with Gasteiger partial charge in [0, 0.05) is 13.8 Å². The van der Waals surface area contributed by atoms with Crippen LogP contribution in [0.5, 0.6) is 0 Å². The highest BCUT2D eigenvalue weighted by Gasteiger charge is 2.36. The molecule has 0 saturated heterocycles. The monoisotopic (exact) mass is 786 g/mol. The molecule has 1 amide bonds. The SMILES string of the molecule is CC(=O)C1=NN(c2cc(S(=O)(=O)O)ccc2S(=O)(=O)O)C(=O)C1=C/C=C/C=C/c1c(C(C)=O)[nH]n(-c2cc(S(=O)(=O)O)ccc2S(=O)(=O)O)c1=O. The number of carbonyl (C=O) groups is 3. The van der Waals surface area contributed by atoms with Gasteiger partial charge in [-0.1, -0.05) is 18.2 Å². The van der Waals surface area contributed by atoms with Crippen molar-refractivity contribution in [3.05, 3.63) is 87.9 Å². The summed E-state index contributed by atoms with van der Waals surface area (Å²) < 4.78 is 133. The Morgan fingerprint density at radius 3 is 1.69 bits per heavy atom. The number of benzene rings is 2. The lowest BCUT2D eigenvalue weighted by atomic mass is 10.1. The quantitative estimate of drug-likeness (QED) is 0.0778. The summed E-state index contributed by atoms with van der Waals surface area (Å²) in [6.45, 7) is 2.01. The summed E-state index contributed by atoms with van der Waals surface area (Å²) in [6, 6.07) is 3.52. The topological polar surface area (TPSA) is 322 Å². The Kier molecular flexibility index (Phi) is 10.2. The van der Waals surface area contributed by atoms with Gasteiger partial charge in [0.15, 0.2) is 11.6 Å². The number of nitrogens with one attached hydrogen (secondary N) is 1. The molecular weight excluding hydrogens is 765 g/mol. The van der Waals surface area contributed by atoms with E-state index in [4.69, 9.17) is 0 Å². The number of carbonyl (C=O) groups excluding carboxylic acids is 3. The minimum atomic E-state index is -5.11. The molecule has 3 aromatic rings. The number of ketones is 2.